The molecule has 1 aliphatic rings. The van der Waals surface area contributed by atoms with Gasteiger partial charge < -0.3 is 0 Å². The lowest BCUT2D eigenvalue weighted by molar-refractivity contribution is 0.605. The fourth-order valence-corrected chi connectivity index (χ4v) is 5.27. The summed E-state index contributed by atoms with van der Waals surface area (Å²) >= 11 is 12.8. The van der Waals surface area contributed by atoms with Crippen molar-refractivity contribution in [3.63, 3.8) is 0 Å². The Labute approximate surface area is 130 Å². The largest absolute Gasteiger partial charge is 0.131 e. The zero-order chi connectivity index (χ0) is 12.0. The molecule has 0 N–H and O–H groups in total. The second-order valence-corrected chi connectivity index (χ2v) is 8.42. The molecule has 4 heteroatoms. The molecule has 0 aliphatic heterocycles. The van der Waals surface area contributed by atoms with Crippen LogP contribution in [0.25, 0.3) is 0 Å². The van der Waals surface area contributed by atoms with Crippen LogP contribution in [0.5, 0.6) is 0 Å². The molecule has 0 bridgehead atoms. The summed E-state index contributed by atoms with van der Waals surface area (Å²) in [4.78, 5) is 1.80. The molecule has 17 heavy (non-hydrogen) atoms. The van der Waals surface area contributed by atoms with Crippen LogP contribution in [0.1, 0.15) is 26.7 Å². The van der Waals surface area contributed by atoms with Gasteiger partial charge in [0.05, 0.1) is 8.61 Å². The molecular formula is C13H9Br3S. The molecule has 0 amide bonds. The maximum atomic E-state index is 3.85. The summed E-state index contributed by atoms with van der Waals surface area (Å²) in [6, 6.07) is 10.9. The predicted molar refractivity (Wildman–Crippen MR) is 84.3 cm³/mol. The fraction of sp³-hybridized carbons (Fsp3) is 0.231. The summed E-state index contributed by atoms with van der Waals surface area (Å²) in [5.74, 6) is 0.614. The van der Waals surface area contributed by atoms with Crippen molar-refractivity contribution < 1.29 is 0 Å². The van der Waals surface area contributed by atoms with E-state index in [1.54, 1.807) is 11.3 Å². The van der Waals surface area contributed by atoms with Crippen LogP contribution in [0.3, 0.4) is 0 Å². The topological polar surface area (TPSA) is 0 Å². The van der Waals surface area contributed by atoms with E-state index in [1.807, 2.05) is 0 Å². The van der Waals surface area contributed by atoms with Gasteiger partial charge in [-0.1, -0.05) is 40.2 Å². The number of hydrogen-bond donors (Lipinski definition) is 0. The minimum atomic E-state index is 0.421. The van der Waals surface area contributed by atoms with Gasteiger partial charge in [-0.05, 0) is 55.5 Å². The number of alkyl halides is 1. The van der Waals surface area contributed by atoms with Gasteiger partial charge in [-0.3, -0.25) is 0 Å². The summed E-state index contributed by atoms with van der Waals surface area (Å²) < 4.78 is 2.32. The van der Waals surface area contributed by atoms with Crippen LogP contribution in [0.2, 0.25) is 0 Å². The van der Waals surface area contributed by atoms with E-state index < -0.39 is 0 Å². The SMILES string of the molecule is Brc1cc(C(Br)C2Cc3ccccc32)sc1Br. The number of fused-ring (bicyclic) bond motifs is 1. The van der Waals surface area contributed by atoms with Gasteiger partial charge in [0.2, 0.25) is 0 Å². The highest BCUT2D eigenvalue weighted by Crippen LogP contribution is 2.50. The second kappa shape index (κ2) is 4.80. The smallest absolute Gasteiger partial charge is 0.0843 e. The van der Waals surface area contributed by atoms with Crippen LogP contribution in [0, 0.1) is 0 Å². The van der Waals surface area contributed by atoms with Gasteiger partial charge in [-0.2, -0.15) is 0 Å². The van der Waals surface area contributed by atoms with Crippen molar-refractivity contribution in [2.75, 3.05) is 0 Å². The molecule has 1 heterocycles. The highest BCUT2D eigenvalue weighted by atomic mass is 79.9. The van der Waals surface area contributed by atoms with E-state index in [9.17, 15) is 0 Å². The minimum absolute atomic E-state index is 0.421. The molecule has 1 aromatic heterocycles. The van der Waals surface area contributed by atoms with Gasteiger partial charge in [0, 0.05) is 15.3 Å². The quantitative estimate of drug-likeness (QED) is 0.503. The molecule has 1 aromatic carbocycles. The van der Waals surface area contributed by atoms with Crippen molar-refractivity contribution in [1.29, 1.82) is 0 Å². The normalized spacial score (nSPS) is 19.6. The monoisotopic (exact) mass is 434 g/mol. The first-order valence-corrected chi connectivity index (χ1v) is 8.65. The lowest BCUT2D eigenvalue weighted by Crippen LogP contribution is -2.20. The van der Waals surface area contributed by atoms with Crippen LogP contribution in [-0.2, 0) is 6.42 Å². The van der Waals surface area contributed by atoms with Crippen LogP contribution >= 0.6 is 59.1 Å². The summed E-state index contributed by atoms with van der Waals surface area (Å²) in [6.07, 6.45) is 1.18. The molecule has 0 saturated carbocycles. The van der Waals surface area contributed by atoms with Crippen LogP contribution in [-0.4, -0.2) is 0 Å². The molecule has 2 aromatic rings. The third kappa shape index (κ3) is 2.18. The average Bonchev–Trinajstić information content (AvgIpc) is 2.61. The zero-order valence-electron chi connectivity index (χ0n) is 8.79. The maximum absolute atomic E-state index is 3.85. The molecule has 2 atom stereocenters. The Bertz CT molecular complexity index is 542. The number of thiophene rings is 1. The Morgan fingerprint density at radius 1 is 1.24 bits per heavy atom. The third-order valence-electron chi connectivity index (χ3n) is 3.18. The van der Waals surface area contributed by atoms with E-state index in [4.69, 9.17) is 0 Å². The Morgan fingerprint density at radius 3 is 2.65 bits per heavy atom. The summed E-state index contributed by atoms with van der Waals surface area (Å²) in [7, 11) is 0. The first-order chi connectivity index (χ1) is 8.16. The maximum Gasteiger partial charge on any atom is 0.0843 e. The van der Waals surface area contributed by atoms with E-state index in [-0.39, 0.29) is 0 Å². The van der Waals surface area contributed by atoms with E-state index in [1.165, 1.54) is 26.2 Å². The predicted octanol–water partition coefficient (Wildman–Crippen LogP) is 6.05. The number of hydrogen-bond acceptors (Lipinski definition) is 1. The van der Waals surface area contributed by atoms with Crippen molar-refractivity contribution in [2.45, 2.75) is 17.2 Å². The molecular weight excluding hydrogens is 428 g/mol. The highest BCUT2D eigenvalue weighted by molar-refractivity contribution is 9.13. The van der Waals surface area contributed by atoms with Crippen LogP contribution in [0.4, 0.5) is 0 Å². The summed E-state index contributed by atoms with van der Waals surface area (Å²) in [5, 5.41) is 0. The van der Waals surface area contributed by atoms with Gasteiger partial charge in [-0.25, -0.2) is 0 Å². The zero-order valence-corrected chi connectivity index (χ0v) is 14.4. The summed E-state index contributed by atoms with van der Waals surface area (Å²) in [6.45, 7) is 0. The van der Waals surface area contributed by atoms with Gasteiger partial charge in [0.1, 0.15) is 0 Å². The van der Waals surface area contributed by atoms with Crippen LogP contribution in [0.15, 0.2) is 38.6 Å². The standard InChI is InChI=1S/C13H9Br3S/c14-10-6-11(17-13(10)16)12(15)9-5-7-3-1-2-4-8(7)9/h1-4,6,9,12H,5H2. The Morgan fingerprint density at radius 2 is 2.00 bits per heavy atom. The van der Waals surface area contributed by atoms with E-state index >= 15 is 0 Å². The lowest BCUT2D eigenvalue weighted by atomic mass is 9.75. The van der Waals surface area contributed by atoms with Crippen molar-refractivity contribution in [3.05, 3.63) is 54.6 Å². The molecule has 0 radical (unpaired) electrons. The fourth-order valence-electron chi connectivity index (χ4n) is 2.26. The molecule has 0 nitrogen and oxygen atoms in total. The van der Waals surface area contributed by atoms with E-state index in [0.717, 1.165) is 4.47 Å². The molecule has 2 unspecified atom stereocenters. The lowest BCUT2D eigenvalue weighted by Gasteiger charge is -2.33. The van der Waals surface area contributed by atoms with Gasteiger partial charge in [0.25, 0.3) is 0 Å². The highest BCUT2D eigenvalue weighted by Gasteiger charge is 2.33. The van der Waals surface area contributed by atoms with Crippen molar-refractivity contribution in [2.24, 2.45) is 0 Å². The van der Waals surface area contributed by atoms with Crippen molar-refractivity contribution in [1.82, 2.24) is 0 Å². The van der Waals surface area contributed by atoms with E-state index in [2.05, 4.69) is 78.1 Å². The molecule has 3 rings (SSSR count). The minimum Gasteiger partial charge on any atom is -0.131 e. The van der Waals surface area contributed by atoms with Crippen molar-refractivity contribution in [3.8, 4) is 0 Å². The number of benzene rings is 1. The van der Waals surface area contributed by atoms with Crippen LogP contribution < -0.4 is 0 Å². The number of rotatable bonds is 2. The Hall–Kier alpha value is 0.360. The first-order valence-electron chi connectivity index (χ1n) is 5.33. The molecule has 0 spiro atoms. The summed E-state index contributed by atoms with van der Waals surface area (Å²) in [5.41, 5.74) is 2.99. The first kappa shape index (κ1) is 12.4. The second-order valence-electron chi connectivity index (χ2n) is 4.18. The number of halogens is 3. The molecule has 1 aliphatic carbocycles. The molecule has 0 saturated heterocycles. The molecule has 0 fully saturated rings. The van der Waals surface area contributed by atoms with Gasteiger partial charge in [0.15, 0.2) is 0 Å². The average molecular weight is 437 g/mol. The third-order valence-corrected chi connectivity index (χ3v) is 7.96. The van der Waals surface area contributed by atoms with Gasteiger partial charge in [-0.15, -0.1) is 11.3 Å². The Balaban J connectivity index is 1.88. The Kier molecular flexibility index (Phi) is 3.50. The molecule has 88 valence electrons. The van der Waals surface area contributed by atoms with Crippen molar-refractivity contribution >= 4 is 59.1 Å². The van der Waals surface area contributed by atoms with Gasteiger partial charge >= 0.3 is 0 Å². The van der Waals surface area contributed by atoms with E-state index in [0.29, 0.717) is 10.7 Å².